The number of para-hydroxylation sites is 1. The third kappa shape index (κ3) is 3.02. The lowest BCUT2D eigenvalue weighted by atomic mass is 9.92. The summed E-state index contributed by atoms with van der Waals surface area (Å²) in [7, 11) is 1.63. The van der Waals surface area contributed by atoms with E-state index in [1.165, 1.54) is 0 Å². The van der Waals surface area contributed by atoms with Crippen molar-refractivity contribution in [2.24, 2.45) is 10.2 Å². The smallest absolute Gasteiger partial charge is 0.183 e. The monoisotopic (exact) mass is 322 g/mol. The second-order valence-electron chi connectivity index (χ2n) is 6.84. The highest BCUT2D eigenvalue weighted by molar-refractivity contribution is 5.56. The molecule has 3 aromatic rings. The normalized spacial score (nSPS) is 12.2. The van der Waals surface area contributed by atoms with Crippen molar-refractivity contribution in [3.05, 3.63) is 53.9 Å². The summed E-state index contributed by atoms with van der Waals surface area (Å²) in [5.41, 5.74) is 3.51. The van der Waals surface area contributed by atoms with Gasteiger partial charge in [0, 0.05) is 11.6 Å². The fourth-order valence-corrected chi connectivity index (χ4v) is 2.55. The molecule has 0 saturated heterocycles. The Hall–Kier alpha value is -2.69. The van der Waals surface area contributed by atoms with Crippen molar-refractivity contribution >= 4 is 17.2 Å². The van der Waals surface area contributed by atoms with Crippen molar-refractivity contribution in [1.29, 1.82) is 0 Å². The van der Waals surface area contributed by atoms with Gasteiger partial charge in [-0.15, -0.1) is 10.2 Å². The molecule has 2 aromatic heterocycles. The molecule has 0 saturated carbocycles. The summed E-state index contributed by atoms with van der Waals surface area (Å²) < 4.78 is 7.34. The number of aryl methyl sites for hydroxylation is 1. The lowest BCUT2D eigenvalue weighted by Gasteiger charge is -2.15. The summed E-state index contributed by atoms with van der Waals surface area (Å²) in [5.74, 6) is 1.45. The van der Waals surface area contributed by atoms with Crippen molar-refractivity contribution in [3.8, 4) is 5.75 Å². The van der Waals surface area contributed by atoms with Crippen LogP contribution in [0.4, 0.5) is 11.5 Å². The highest BCUT2D eigenvalue weighted by Gasteiger charge is 2.24. The van der Waals surface area contributed by atoms with Gasteiger partial charge in [0.05, 0.1) is 12.8 Å². The first-order valence-corrected chi connectivity index (χ1v) is 7.94. The highest BCUT2D eigenvalue weighted by atomic mass is 16.5. The fourth-order valence-electron chi connectivity index (χ4n) is 2.55. The van der Waals surface area contributed by atoms with E-state index >= 15 is 0 Å². The maximum absolute atomic E-state index is 5.34. The zero-order chi connectivity index (χ0) is 17.3. The molecule has 124 valence electrons. The average molecular weight is 322 g/mol. The predicted octanol–water partition coefficient (Wildman–Crippen LogP) is 5.36. The van der Waals surface area contributed by atoms with E-state index in [-0.39, 0.29) is 5.41 Å². The van der Waals surface area contributed by atoms with Gasteiger partial charge in [-0.05, 0) is 30.7 Å². The lowest BCUT2D eigenvalue weighted by molar-refractivity contribution is 0.416. The standard InChI is InChI=1S/C19H22N4O/c1-13-10-11-16-20-17(19(2,3)4)18(23(16)12-13)22-21-14-8-6-7-9-15(14)24-5/h6-12H,1-5H3. The lowest BCUT2D eigenvalue weighted by Crippen LogP contribution is -2.11. The Morgan fingerprint density at radius 1 is 1.04 bits per heavy atom. The van der Waals surface area contributed by atoms with Crippen LogP contribution in [0.2, 0.25) is 0 Å². The second kappa shape index (κ2) is 6.07. The number of imidazole rings is 1. The van der Waals surface area contributed by atoms with E-state index in [0.717, 1.165) is 22.7 Å². The molecule has 0 aliphatic carbocycles. The molecule has 0 spiro atoms. The van der Waals surface area contributed by atoms with Crippen LogP contribution in [-0.4, -0.2) is 16.5 Å². The Labute approximate surface area is 142 Å². The first kappa shape index (κ1) is 16.2. The summed E-state index contributed by atoms with van der Waals surface area (Å²) in [6.07, 6.45) is 2.04. The number of pyridine rings is 1. The van der Waals surface area contributed by atoms with Gasteiger partial charge < -0.3 is 4.74 Å². The van der Waals surface area contributed by atoms with Gasteiger partial charge in [-0.3, -0.25) is 4.40 Å². The van der Waals surface area contributed by atoms with Crippen molar-refractivity contribution < 1.29 is 4.74 Å². The number of nitrogens with zero attached hydrogens (tertiary/aromatic N) is 4. The van der Waals surface area contributed by atoms with E-state index in [2.05, 4.69) is 44.0 Å². The molecule has 24 heavy (non-hydrogen) atoms. The minimum Gasteiger partial charge on any atom is -0.494 e. The van der Waals surface area contributed by atoms with Gasteiger partial charge in [-0.1, -0.05) is 39.0 Å². The maximum Gasteiger partial charge on any atom is 0.183 e. The third-order valence-corrected chi connectivity index (χ3v) is 3.79. The number of aromatic nitrogens is 2. The van der Waals surface area contributed by atoms with Gasteiger partial charge >= 0.3 is 0 Å². The van der Waals surface area contributed by atoms with Crippen LogP contribution in [0.1, 0.15) is 32.0 Å². The number of azo groups is 1. The van der Waals surface area contributed by atoms with Gasteiger partial charge in [0.1, 0.15) is 17.1 Å². The Bertz CT molecular complexity index is 903. The molecule has 0 unspecified atom stereocenters. The molecule has 1 aromatic carbocycles. The highest BCUT2D eigenvalue weighted by Crippen LogP contribution is 2.34. The SMILES string of the molecule is COc1ccccc1N=Nc1c(C(C)(C)C)nc2ccc(C)cn12. The summed E-state index contributed by atoms with van der Waals surface area (Å²) in [6, 6.07) is 11.6. The number of fused-ring (bicyclic) bond motifs is 1. The van der Waals surface area contributed by atoms with Gasteiger partial charge in [-0.2, -0.15) is 0 Å². The molecule has 5 nitrogen and oxygen atoms in total. The van der Waals surface area contributed by atoms with Gasteiger partial charge in [0.15, 0.2) is 5.82 Å². The average Bonchev–Trinajstić information content (AvgIpc) is 2.91. The van der Waals surface area contributed by atoms with Crippen LogP contribution in [0.5, 0.6) is 5.75 Å². The van der Waals surface area contributed by atoms with Crippen molar-refractivity contribution in [2.45, 2.75) is 33.1 Å². The number of hydrogen-bond donors (Lipinski definition) is 0. The molecule has 0 atom stereocenters. The molecule has 3 rings (SSSR count). The van der Waals surface area contributed by atoms with Crippen LogP contribution in [0, 0.1) is 6.92 Å². The summed E-state index contributed by atoms with van der Waals surface area (Å²) >= 11 is 0. The molecule has 0 aliphatic rings. The van der Waals surface area contributed by atoms with E-state index in [4.69, 9.17) is 9.72 Å². The Balaban J connectivity index is 2.17. The minimum absolute atomic E-state index is 0.130. The molecular formula is C19H22N4O. The molecule has 0 radical (unpaired) electrons. The van der Waals surface area contributed by atoms with E-state index in [0.29, 0.717) is 11.4 Å². The topological polar surface area (TPSA) is 51.2 Å². The molecule has 5 heteroatoms. The van der Waals surface area contributed by atoms with E-state index in [9.17, 15) is 0 Å². The van der Waals surface area contributed by atoms with Crippen LogP contribution < -0.4 is 4.74 Å². The van der Waals surface area contributed by atoms with Crippen LogP contribution in [0.3, 0.4) is 0 Å². The number of ether oxygens (including phenoxy) is 1. The molecule has 0 bridgehead atoms. The van der Waals surface area contributed by atoms with Crippen LogP contribution in [0.15, 0.2) is 52.8 Å². The van der Waals surface area contributed by atoms with Gasteiger partial charge in [-0.25, -0.2) is 4.98 Å². The first-order valence-electron chi connectivity index (χ1n) is 7.94. The number of benzene rings is 1. The maximum atomic E-state index is 5.34. The summed E-state index contributed by atoms with van der Waals surface area (Å²) in [4.78, 5) is 4.76. The van der Waals surface area contributed by atoms with Crippen LogP contribution >= 0.6 is 0 Å². The Morgan fingerprint density at radius 3 is 2.50 bits per heavy atom. The van der Waals surface area contributed by atoms with Crippen LogP contribution in [-0.2, 0) is 5.41 Å². The number of hydrogen-bond acceptors (Lipinski definition) is 4. The van der Waals surface area contributed by atoms with E-state index in [1.54, 1.807) is 7.11 Å². The van der Waals surface area contributed by atoms with E-state index < -0.39 is 0 Å². The molecule has 0 N–H and O–H groups in total. The third-order valence-electron chi connectivity index (χ3n) is 3.79. The quantitative estimate of drug-likeness (QED) is 0.609. The van der Waals surface area contributed by atoms with Crippen molar-refractivity contribution in [2.75, 3.05) is 7.11 Å². The summed E-state index contributed by atoms with van der Waals surface area (Å²) in [6.45, 7) is 8.44. The zero-order valence-electron chi connectivity index (χ0n) is 14.7. The molecule has 0 amide bonds. The van der Waals surface area contributed by atoms with E-state index in [1.807, 2.05) is 40.9 Å². The largest absolute Gasteiger partial charge is 0.494 e. The molecule has 0 fully saturated rings. The fraction of sp³-hybridized carbons (Fsp3) is 0.316. The van der Waals surface area contributed by atoms with Crippen LogP contribution in [0.25, 0.3) is 5.65 Å². The molecular weight excluding hydrogens is 300 g/mol. The number of methoxy groups -OCH3 is 1. The van der Waals surface area contributed by atoms with Gasteiger partial charge in [0.25, 0.3) is 0 Å². The van der Waals surface area contributed by atoms with Crippen molar-refractivity contribution in [3.63, 3.8) is 0 Å². The predicted molar refractivity (Wildman–Crippen MR) is 95.8 cm³/mol. The number of rotatable bonds is 3. The minimum atomic E-state index is -0.130. The first-order chi connectivity index (χ1) is 11.4. The Morgan fingerprint density at radius 2 is 1.79 bits per heavy atom. The van der Waals surface area contributed by atoms with Crippen molar-refractivity contribution in [1.82, 2.24) is 9.38 Å². The zero-order valence-corrected chi connectivity index (χ0v) is 14.7. The molecule has 0 aliphatic heterocycles. The summed E-state index contributed by atoms with van der Waals surface area (Å²) in [5, 5.41) is 8.94. The Kier molecular flexibility index (Phi) is 4.09. The molecule has 2 heterocycles. The van der Waals surface area contributed by atoms with Gasteiger partial charge in [0.2, 0.25) is 0 Å². The second-order valence-corrected chi connectivity index (χ2v) is 6.84.